The number of halogens is 1. The van der Waals surface area contributed by atoms with Gasteiger partial charge in [0.05, 0.1) is 6.20 Å². The second-order valence-electron chi connectivity index (χ2n) is 6.09. The van der Waals surface area contributed by atoms with E-state index in [-0.39, 0.29) is 11.7 Å². The fourth-order valence-corrected chi connectivity index (χ4v) is 2.12. The number of carbonyl (C=O) groups excluding carboxylic acids is 1. The smallest absolute Gasteiger partial charge is 0.410 e. The molecule has 0 unspecified atom stereocenters. The number of hydrogen-bond donors (Lipinski definition) is 0. The van der Waals surface area contributed by atoms with E-state index < -0.39 is 11.4 Å². The molecule has 2 rings (SSSR count). The van der Waals surface area contributed by atoms with Crippen LogP contribution in [0.15, 0.2) is 12.3 Å². The van der Waals surface area contributed by atoms with E-state index in [0.717, 1.165) is 0 Å². The van der Waals surface area contributed by atoms with Gasteiger partial charge in [-0.1, -0.05) is 0 Å². The van der Waals surface area contributed by atoms with Crippen LogP contribution in [-0.2, 0) is 4.74 Å². The Labute approximate surface area is 129 Å². The van der Waals surface area contributed by atoms with E-state index in [1.165, 1.54) is 12.3 Å². The summed E-state index contributed by atoms with van der Waals surface area (Å²) in [5, 5.41) is 8.71. The Balaban J connectivity index is 1.96. The van der Waals surface area contributed by atoms with E-state index in [4.69, 9.17) is 10.00 Å². The Morgan fingerprint density at radius 2 is 2.00 bits per heavy atom. The summed E-state index contributed by atoms with van der Waals surface area (Å²) in [6.07, 6.45) is 0.886. The number of aromatic nitrogens is 1. The Morgan fingerprint density at radius 1 is 1.36 bits per heavy atom. The predicted molar refractivity (Wildman–Crippen MR) is 78.9 cm³/mol. The number of hydrogen-bond acceptors (Lipinski definition) is 5. The highest BCUT2D eigenvalue weighted by Crippen LogP contribution is 2.18. The standard InChI is InChI=1S/C15H19FN4O2/c1-15(2,3)22-14(21)20-6-4-19(5-7-20)13-8-12(16)11(9-17)10-18-13/h8,10H,4-7H2,1-3H3. The maximum absolute atomic E-state index is 13.6. The number of rotatable bonds is 1. The van der Waals surface area contributed by atoms with Crippen molar-refractivity contribution in [2.24, 2.45) is 0 Å². The Hall–Kier alpha value is -2.36. The fraction of sp³-hybridized carbons (Fsp3) is 0.533. The summed E-state index contributed by atoms with van der Waals surface area (Å²) < 4.78 is 18.9. The highest BCUT2D eigenvalue weighted by molar-refractivity contribution is 5.68. The van der Waals surface area contributed by atoms with Crippen molar-refractivity contribution in [2.75, 3.05) is 31.1 Å². The topological polar surface area (TPSA) is 69.5 Å². The lowest BCUT2D eigenvalue weighted by molar-refractivity contribution is 0.0240. The van der Waals surface area contributed by atoms with Crippen molar-refractivity contribution >= 4 is 11.9 Å². The molecule has 1 saturated heterocycles. The highest BCUT2D eigenvalue weighted by Gasteiger charge is 2.26. The first kappa shape index (κ1) is 16.0. The van der Waals surface area contributed by atoms with Gasteiger partial charge in [0.2, 0.25) is 0 Å². The van der Waals surface area contributed by atoms with E-state index in [1.54, 1.807) is 11.0 Å². The molecule has 1 amide bonds. The molecule has 118 valence electrons. The Bertz CT molecular complexity index is 599. The van der Waals surface area contributed by atoms with Crippen LogP contribution in [0.3, 0.4) is 0 Å². The third-order valence-electron chi connectivity index (χ3n) is 3.21. The number of nitrogens with zero attached hydrogens (tertiary/aromatic N) is 4. The number of piperazine rings is 1. The number of anilines is 1. The molecule has 1 aliphatic heterocycles. The molecule has 0 aliphatic carbocycles. The molecule has 0 bridgehead atoms. The second-order valence-corrected chi connectivity index (χ2v) is 6.09. The average molecular weight is 306 g/mol. The molecule has 0 aromatic carbocycles. The summed E-state index contributed by atoms with van der Waals surface area (Å²) in [5.41, 5.74) is -0.595. The maximum atomic E-state index is 13.6. The van der Waals surface area contributed by atoms with Crippen molar-refractivity contribution in [1.29, 1.82) is 5.26 Å². The second kappa shape index (κ2) is 6.18. The molecule has 1 aromatic rings. The summed E-state index contributed by atoms with van der Waals surface area (Å²) in [7, 11) is 0. The van der Waals surface area contributed by atoms with Gasteiger partial charge in [-0.15, -0.1) is 0 Å². The van der Waals surface area contributed by atoms with E-state index in [9.17, 15) is 9.18 Å². The molecular weight excluding hydrogens is 287 g/mol. The van der Waals surface area contributed by atoms with E-state index >= 15 is 0 Å². The summed E-state index contributed by atoms with van der Waals surface area (Å²) >= 11 is 0. The number of ether oxygens (including phenoxy) is 1. The number of carbonyl (C=O) groups is 1. The molecule has 0 N–H and O–H groups in total. The van der Waals surface area contributed by atoms with Crippen molar-refractivity contribution in [2.45, 2.75) is 26.4 Å². The molecular formula is C15H19FN4O2. The van der Waals surface area contributed by atoms with Gasteiger partial charge in [0.25, 0.3) is 0 Å². The van der Waals surface area contributed by atoms with Crippen molar-refractivity contribution in [3.05, 3.63) is 23.6 Å². The van der Waals surface area contributed by atoms with Crippen molar-refractivity contribution < 1.29 is 13.9 Å². The molecule has 0 spiro atoms. The fourth-order valence-electron chi connectivity index (χ4n) is 2.12. The minimum atomic E-state index is -0.581. The van der Waals surface area contributed by atoms with Gasteiger partial charge in [0.1, 0.15) is 28.9 Å². The minimum Gasteiger partial charge on any atom is -0.444 e. The summed E-state index contributed by atoms with van der Waals surface area (Å²) in [5.74, 6) is -0.109. The summed E-state index contributed by atoms with van der Waals surface area (Å²) in [6.45, 7) is 7.52. The third-order valence-corrected chi connectivity index (χ3v) is 3.21. The van der Waals surface area contributed by atoms with Crippen molar-refractivity contribution in [3.8, 4) is 6.07 Å². The van der Waals surface area contributed by atoms with Crippen LogP contribution in [-0.4, -0.2) is 47.8 Å². The zero-order valence-electron chi connectivity index (χ0n) is 13.0. The summed E-state index contributed by atoms with van der Waals surface area (Å²) in [4.78, 5) is 19.6. The Morgan fingerprint density at radius 3 is 2.50 bits per heavy atom. The molecule has 22 heavy (non-hydrogen) atoms. The molecule has 0 saturated carbocycles. The van der Waals surface area contributed by atoms with Crippen LogP contribution >= 0.6 is 0 Å². The number of amides is 1. The van der Waals surface area contributed by atoms with Crippen LogP contribution in [0.4, 0.5) is 15.0 Å². The molecule has 0 radical (unpaired) electrons. The van der Waals surface area contributed by atoms with Crippen LogP contribution in [0.5, 0.6) is 0 Å². The Kier molecular flexibility index (Phi) is 4.50. The zero-order valence-corrected chi connectivity index (χ0v) is 13.0. The molecule has 1 fully saturated rings. The average Bonchev–Trinajstić information content (AvgIpc) is 2.45. The third kappa shape index (κ3) is 3.85. The van der Waals surface area contributed by atoms with Crippen LogP contribution in [0.2, 0.25) is 0 Å². The molecule has 1 aliphatic rings. The molecule has 2 heterocycles. The largest absolute Gasteiger partial charge is 0.444 e. The number of nitriles is 1. The summed E-state index contributed by atoms with van der Waals surface area (Å²) in [6, 6.07) is 3.00. The molecule has 0 atom stereocenters. The van der Waals surface area contributed by atoms with Gasteiger partial charge in [0, 0.05) is 32.2 Å². The first-order valence-corrected chi connectivity index (χ1v) is 7.08. The zero-order chi connectivity index (χ0) is 16.3. The normalized spacial score (nSPS) is 15.4. The van der Waals surface area contributed by atoms with E-state index in [0.29, 0.717) is 32.0 Å². The van der Waals surface area contributed by atoms with Crippen LogP contribution in [0, 0.1) is 17.1 Å². The lowest BCUT2D eigenvalue weighted by Crippen LogP contribution is -2.50. The quantitative estimate of drug-likeness (QED) is 0.795. The van der Waals surface area contributed by atoms with Gasteiger partial charge < -0.3 is 14.5 Å². The van der Waals surface area contributed by atoms with Crippen LogP contribution in [0.1, 0.15) is 26.3 Å². The van der Waals surface area contributed by atoms with Crippen LogP contribution < -0.4 is 4.90 Å². The van der Waals surface area contributed by atoms with Gasteiger partial charge in [0.15, 0.2) is 0 Å². The van der Waals surface area contributed by atoms with Crippen LogP contribution in [0.25, 0.3) is 0 Å². The van der Waals surface area contributed by atoms with Gasteiger partial charge in [-0.3, -0.25) is 0 Å². The van der Waals surface area contributed by atoms with E-state index in [1.807, 2.05) is 25.7 Å². The number of pyridine rings is 1. The van der Waals surface area contributed by atoms with Gasteiger partial charge in [-0.25, -0.2) is 14.2 Å². The SMILES string of the molecule is CC(C)(C)OC(=O)N1CCN(c2cc(F)c(C#N)cn2)CC1. The maximum Gasteiger partial charge on any atom is 0.410 e. The molecule has 7 heteroatoms. The monoisotopic (exact) mass is 306 g/mol. The molecule has 1 aromatic heterocycles. The first-order valence-electron chi connectivity index (χ1n) is 7.08. The lowest BCUT2D eigenvalue weighted by atomic mass is 10.2. The molecule has 6 nitrogen and oxygen atoms in total. The predicted octanol–water partition coefficient (Wildman–Crippen LogP) is 2.15. The van der Waals surface area contributed by atoms with Crippen molar-refractivity contribution in [1.82, 2.24) is 9.88 Å². The lowest BCUT2D eigenvalue weighted by Gasteiger charge is -2.36. The highest BCUT2D eigenvalue weighted by atomic mass is 19.1. The van der Waals surface area contributed by atoms with Gasteiger partial charge in [-0.2, -0.15) is 5.26 Å². The minimum absolute atomic E-state index is 0.0730. The first-order chi connectivity index (χ1) is 10.3. The van der Waals surface area contributed by atoms with Gasteiger partial charge in [-0.05, 0) is 20.8 Å². The van der Waals surface area contributed by atoms with Gasteiger partial charge >= 0.3 is 6.09 Å². The van der Waals surface area contributed by atoms with E-state index in [2.05, 4.69) is 4.98 Å². The van der Waals surface area contributed by atoms with Crippen molar-refractivity contribution in [3.63, 3.8) is 0 Å².